The number of carbonyl (C=O) groups is 5. The van der Waals surface area contributed by atoms with Crippen molar-refractivity contribution in [2.75, 3.05) is 6.54 Å². The highest BCUT2D eigenvalue weighted by atomic mass is 16.4. The fourth-order valence-electron chi connectivity index (χ4n) is 4.27. The van der Waals surface area contributed by atoms with E-state index in [1.54, 1.807) is 32.0 Å². The van der Waals surface area contributed by atoms with Crippen LogP contribution < -0.4 is 10.6 Å². The van der Waals surface area contributed by atoms with Crippen molar-refractivity contribution in [2.24, 2.45) is 5.92 Å². The van der Waals surface area contributed by atoms with Crippen LogP contribution in [0.4, 0.5) is 0 Å². The molecule has 1 aromatic carbocycles. The monoisotopic (exact) mass is 482 g/mol. The van der Waals surface area contributed by atoms with Crippen LogP contribution in [0.15, 0.2) is 36.5 Å². The summed E-state index contributed by atoms with van der Waals surface area (Å²) in [5.41, 5.74) is 0.206. The van der Waals surface area contributed by atoms with Crippen LogP contribution in [0.1, 0.15) is 50.0 Å². The topological polar surface area (TPSA) is 146 Å². The van der Waals surface area contributed by atoms with Crippen molar-refractivity contribution in [3.05, 3.63) is 42.2 Å². The average Bonchev–Trinajstić information content (AvgIpc) is 2.85. The number of aldehydes is 1. The predicted octanol–water partition coefficient (Wildman–Crippen LogP) is 1.53. The number of likely N-dealkylation sites (tertiary alicyclic amines) is 1. The minimum absolute atomic E-state index is 0.206. The third kappa shape index (κ3) is 6.20. The van der Waals surface area contributed by atoms with Gasteiger partial charge >= 0.3 is 5.97 Å². The zero-order valence-corrected chi connectivity index (χ0v) is 19.8. The molecular weight excluding hydrogens is 452 g/mol. The Morgan fingerprint density at radius 3 is 2.57 bits per heavy atom. The molecule has 0 aliphatic carbocycles. The standard InChI is InChI=1S/C25H30N4O6/c1-15(2)21(28-24(34)22-18-8-4-3-7-16(18)10-11-26-22)25(35)29-12-6-5-9-19(29)23(33)27-17(14-30)13-20(31)32/h3-4,7-8,10-11,14-15,17,19,21H,5-6,9,12-13H2,1-2H3,(H,27,33)(H,28,34)(H,31,32)/t17?,19?,21-/m0/s1. The highest BCUT2D eigenvalue weighted by Gasteiger charge is 2.38. The van der Waals surface area contributed by atoms with Gasteiger partial charge in [0.05, 0.1) is 12.5 Å². The van der Waals surface area contributed by atoms with Crippen molar-refractivity contribution in [2.45, 2.75) is 57.7 Å². The van der Waals surface area contributed by atoms with Crippen LogP contribution in [0.5, 0.6) is 0 Å². The first-order chi connectivity index (χ1) is 16.7. The molecule has 1 aliphatic heterocycles. The number of hydrogen-bond acceptors (Lipinski definition) is 6. The molecule has 0 radical (unpaired) electrons. The summed E-state index contributed by atoms with van der Waals surface area (Å²) in [5.74, 6) is -2.98. The van der Waals surface area contributed by atoms with E-state index in [4.69, 9.17) is 5.11 Å². The number of hydrogen-bond donors (Lipinski definition) is 3. The van der Waals surface area contributed by atoms with Crippen LogP contribution in [-0.2, 0) is 19.2 Å². The number of aliphatic carboxylic acids is 1. The normalized spacial score (nSPS) is 17.5. The maximum Gasteiger partial charge on any atom is 0.305 e. The maximum absolute atomic E-state index is 13.6. The van der Waals surface area contributed by atoms with Crippen molar-refractivity contribution >= 4 is 40.7 Å². The largest absolute Gasteiger partial charge is 0.481 e. The van der Waals surface area contributed by atoms with Crippen LogP contribution in [-0.4, -0.2) is 69.6 Å². The van der Waals surface area contributed by atoms with Gasteiger partial charge < -0.3 is 25.4 Å². The number of nitrogens with one attached hydrogen (secondary N) is 2. The Balaban J connectivity index is 1.79. The molecule has 2 aromatic rings. The first kappa shape index (κ1) is 25.8. The molecule has 0 saturated carbocycles. The van der Waals surface area contributed by atoms with E-state index in [0.29, 0.717) is 37.5 Å². The second-order valence-electron chi connectivity index (χ2n) is 8.97. The molecule has 10 heteroatoms. The van der Waals surface area contributed by atoms with Crippen LogP contribution in [0.2, 0.25) is 0 Å². The van der Waals surface area contributed by atoms with Gasteiger partial charge in [-0.2, -0.15) is 0 Å². The molecule has 3 N–H and O–H groups in total. The summed E-state index contributed by atoms with van der Waals surface area (Å²) in [7, 11) is 0. The molecule has 3 atom stereocenters. The molecule has 1 aromatic heterocycles. The average molecular weight is 483 g/mol. The highest BCUT2D eigenvalue weighted by molar-refractivity contribution is 6.06. The lowest BCUT2D eigenvalue weighted by Gasteiger charge is -2.38. The fraction of sp³-hybridized carbons (Fsp3) is 0.440. The third-order valence-electron chi connectivity index (χ3n) is 6.08. The number of benzene rings is 1. The second-order valence-corrected chi connectivity index (χ2v) is 8.97. The minimum atomic E-state index is -1.22. The predicted molar refractivity (Wildman–Crippen MR) is 127 cm³/mol. The van der Waals surface area contributed by atoms with Crippen molar-refractivity contribution < 1.29 is 29.1 Å². The summed E-state index contributed by atoms with van der Waals surface area (Å²) in [6.45, 7) is 3.91. The number of carboxylic acids is 1. The van der Waals surface area contributed by atoms with Gasteiger partial charge in [0.15, 0.2) is 0 Å². The summed E-state index contributed by atoms with van der Waals surface area (Å²) in [4.78, 5) is 67.4. The number of carboxylic acid groups (broad SMARTS) is 1. The third-order valence-corrected chi connectivity index (χ3v) is 6.08. The molecule has 3 amide bonds. The van der Waals surface area contributed by atoms with Gasteiger partial charge in [-0.05, 0) is 36.6 Å². The van der Waals surface area contributed by atoms with E-state index in [-0.39, 0.29) is 11.6 Å². The van der Waals surface area contributed by atoms with Gasteiger partial charge in [-0.15, -0.1) is 0 Å². The fourth-order valence-corrected chi connectivity index (χ4v) is 4.27. The minimum Gasteiger partial charge on any atom is -0.481 e. The smallest absolute Gasteiger partial charge is 0.305 e. The molecule has 1 aliphatic rings. The van der Waals surface area contributed by atoms with E-state index in [1.807, 2.05) is 12.1 Å². The molecule has 3 rings (SSSR count). The summed E-state index contributed by atoms with van der Waals surface area (Å²) in [6.07, 6.45) is 3.12. The zero-order chi connectivity index (χ0) is 25.5. The van der Waals surface area contributed by atoms with E-state index >= 15 is 0 Å². The van der Waals surface area contributed by atoms with Gasteiger partial charge in [0.25, 0.3) is 5.91 Å². The quantitative estimate of drug-likeness (QED) is 0.460. The number of piperidine rings is 1. The summed E-state index contributed by atoms with van der Waals surface area (Å²) in [5, 5.41) is 15.7. The molecule has 0 spiro atoms. The summed E-state index contributed by atoms with van der Waals surface area (Å²) < 4.78 is 0. The van der Waals surface area contributed by atoms with Gasteiger partial charge in [-0.3, -0.25) is 24.2 Å². The lowest BCUT2D eigenvalue weighted by Crippen LogP contribution is -2.59. The number of carbonyl (C=O) groups excluding carboxylic acids is 4. The summed E-state index contributed by atoms with van der Waals surface area (Å²) in [6, 6.07) is 6.17. The Labute approximate surface area is 203 Å². The Morgan fingerprint density at radius 2 is 1.89 bits per heavy atom. The lowest BCUT2D eigenvalue weighted by molar-refractivity contribution is -0.145. The van der Waals surface area contributed by atoms with Crippen LogP contribution in [0.25, 0.3) is 10.8 Å². The Morgan fingerprint density at radius 1 is 1.14 bits per heavy atom. The number of rotatable bonds is 9. The molecule has 2 unspecified atom stereocenters. The molecule has 186 valence electrons. The van der Waals surface area contributed by atoms with E-state index in [9.17, 15) is 24.0 Å². The Bertz CT molecular complexity index is 1110. The number of fused-ring (bicyclic) bond motifs is 1. The number of nitrogens with zero attached hydrogens (tertiary/aromatic N) is 2. The first-order valence-electron chi connectivity index (χ1n) is 11.7. The molecule has 2 heterocycles. The van der Waals surface area contributed by atoms with E-state index in [1.165, 1.54) is 11.1 Å². The van der Waals surface area contributed by atoms with E-state index in [0.717, 1.165) is 5.39 Å². The first-order valence-corrected chi connectivity index (χ1v) is 11.7. The SMILES string of the molecule is CC(C)[C@H](NC(=O)c1nccc2ccccc12)C(=O)N1CCCCC1C(=O)NC(C=O)CC(=O)O. The molecule has 1 saturated heterocycles. The van der Waals surface area contributed by atoms with Gasteiger partial charge in [0.1, 0.15) is 24.1 Å². The highest BCUT2D eigenvalue weighted by Crippen LogP contribution is 2.21. The van der Waals surface area contributed by atoms with Crippen molar-refractivity contribution in [1.29, 1.82) is 0 Å². The number of amides is 3. The van der Waals surface area contributed by atoms with Gasteiger partial charge in [-0.25, -0.2) is 0 Å². The van der Waals surface area contributed by atoms with Gasteiger partial charge in [0.2, 0.25) is 11.8 Å². The molecule has 10 nitrogen and oxygen atoms in total. The number of aromatic nitrogens is 1. The Hall–Kier alpha value is -3.82. The summed E-state index contributed by atoms with van der Waals surface area (Å²) >= 11 is 0. The molecule has 0 bridgehead atoms. The Kier molecular flexibility index (Phi) is 8.51. The zero-order valence-electron chi connectivity index (χ0n) is 19.8. The maximum atomic E-state index is 13.6. The van der Waals surface area contributed by atoms with Gasteiger partial charge in [0, 0.05) is 18.1 Å². The molecule has 1 fully saturated rings. The van der Waals surface area contributed by atoms with Crippen molar-refractivity contribution in [1.82, 2.24) is 20.5 Å². The van der Waals surface area contributed by atoms with Crippen LogP contribution in [0.3, 0.4) is 0 Å². The second kappa shape index (κ2) is 11.5. The van der Waals surface area contributed by atoms with Gasteiger partial charge in [-0.1, -0.05) is 38.1 Å². The lowest BCUT2D eigenvalue weighted by atomic mass is 9.96. The molecule has 35 heavy (non-hydrogen) atoms. The van der Waals surface area contributed by atoms with Crippen molar-refractivity contribution in [3.63, 3.8) is 0 Å². The van der Waals surface area contributed by atoms with E-state index < -0.39 is 48.2 Å². The van der Waals surface area contributed by atoms with Crippen LogP contribution >= 0.6 is 0 Å². The van der Waals surface area contributed by atoms with Crippen LogP contribution in [0, 0.1) is 5.92 Å². The van der Waals surface area contributed by atoms with Crippen molar-refractivity contribution in [3.8, 4) is 0 Å². The van der Waals surface area contributed by atoms with E-state index in [2.05, 4.69) is 15.6 Å². The molecular formula is C25H30N4O6. The number of pyridine rings is 1.